The first-order valence-electron chi connectivity index (χ1n) is 13.1. The van der Waals surface area contributed by atoms with Crippen LogP contribution in [0.5, 0.6) is 0 Å². The van der Waals surface area contributed by atoms with Crippen LogP contribution in [0.2, 0.25) is 0 Å². The molecule has 6 rings (SSSR count). The van der Waals surface area contributed by atoms with E-state index in [1.807, 2.05) is 42.6 Å². The Bertz CT molecular complexity index is 1950. The van der Waals surface area contributed by atoms with Gasteiger partial charge >= 0.3 is 5.97 Å². The molecule has 0 bridgehead atoms. The maximum absolute atomic E-state index is 12.9. The summed E-state index contributed by atoms with van der Waals surface area (Å²) >= 11 is 3.59. The van der Waals surface area contributed by atoms with Crippen LogP contribution in [-0.4, -0.2) is 33.5 Å². The number of carbonyl (C=O) groups is 2. The van der Waals surface area contributed by atoms with Crippen molar-refractivity contribution in [2.24, 2.45) is 5.73 Å². The van der Waals surface area contributed by atoms with E-state index in [0.717, 1.165) is 59.1 Å². The zero-order chi connectivity index (χ0) is 28.2. The number of carbonyl (C=O) groups excluding carboxylic acids is 2. The summed E-state index contributed by atoms with van der Waals surface area (Å²) in [6.07, 6.45) is 1.82. The molecule has 1 amide bonds. The summed E-state index contributed by atoms with van der Waals surface area (Å²) < 4.78 is 6.33. The second-order valence-corrected chi connectivity index (χ2v) is 12.0. The lowest BCUT2D eigenvalue weighted by molar-refractivity contribution is -0.155. The molecule has 2 heterocycles. The molecule has 0 aliphatic carbocycles. The molecule has 0 radical (unpaired) electrons. The molecular formula is C32H29BrN4O3. The number of nitrogens with two attached hydrogens (primary N) is 1. The van der Waals surface area contributed by atoms with Gasteiger partial charge in [0.2, 0.25) is 5.91 Å². The number of halogens is 1. The van der Waals surface area contributed by atoms with E-state index < -0.39 is 23.5 Å². The van der Waals surface area contributed by atoms with Crippen molar-refractivity contribution in [2.75, 3.05) is 5.32 Å². The molecule has 1 atom stereocenters. The number of ether oxygens (including phenoxy) is 1. The molecule has 40 heavy (non-hydrogen) atoms. The van der Waals surface area contributed by atoms with E-state index in [2.05, 4.69) is 61.5 Å². The van der Waals surface area contributed by atoms with Gasteiger partial charge in [-0.25, -0.2) is 0 Å². The topological polar surface area (TPSA) is 113 Å². The number of esters is 1. The van der Waals surface area contributed by atoms with E-state index in [9.17, 15) is 9.59 Å². The van der Waals surface area contributed by atoms with E-state index >= 15 is 0 Å². The fourth-order valence-electron chi connectivity index (χ4n) is 5.25. The number of amides is 1. The van der Waals surface area contributed by atoms with Crippen molar-refractivity contribution in [3.63, 3.8) is 0 Å². The Balaban J connectivity index is 1.42. The fraction of sp³-hybridized carbons (Fsp3) is 0.188. The zero-order valence-corrected chi connectivity index (χ0v) is 24.0. The fourth-order valence-corrected chi connectivity index (χ4v) is 5.61. The van der Waals surface area contributed by atoms with Crippen molar-refractivity contribution in [2.45, 2.75) is 38.8 Å². The lowest BCUT2D eigenvalue weighted by Gasteiger charge is -2.20. The van der Waals surface area contributed by atoms with E-state index in [1.165, 1.54) is 0 Å². The first kappa shape index (κ1) is 26.1. The molecule has 2 aromatic heterocycles. The number of anilines is 1. The number of hydrogen-bond donors (Lipinski definition) is 4. The van der Waals surface area contributed by atoms with E-state index in [1.54, 1.807) is 20.8 Å². The van der Waals surface area contributed by atoms with Gasteiger partial charge in [-0.15, -0.1) is 0 Å². The smallest absolute Gasteiger partial charge is 0.308 e. The maximum Gasteiger partial charge on any atom is 0.308 e. The summed E-state index contributed by atoms with van der Waals surface area (Å²) in [6.45, 7) is 5.33. The number of hydrogen-bond acceptors (Lipinski definition) is 4. The summed E-state index contributed by atoms with van der Waals surface area (Å²) in [6, 6.07) is 21.5. The van der Waals surface area contributed by atoms with Crippen molar-refractivity contribution in [1.82, 2.24) is 9.97 Å². The summed E-state index contributed by atoms with van der Waals surface area (Å²) in [5.74, 6) is -0.955. The molecule has 0 spiro atoms. The molecule has 5 N–H and O–H groups in total. The van der Waals surface area contributed by atoms with Gasteiger partial charge in [0.1, 0.15) is 5.60 Å². The Hall–Kier alpha value is -4.14. The van der Waals surface area contributed by atoms with Crippen molar-refractivity contribution >= 4 is 76.8 Å². The van der Waals surface area contributed by atoms with Gasteiger partial charge in [0.15, 0.2) is 0 Å². The first-order chi connectivity index (χ1) is 19.1. The molecule has 7 nitrogen and oxygen atoms in total. The number of fused-ring (bicyclic) bond motifs is 7. The quantitative estimate of drug-likeness (QED) is 0.123. The average Bonchev–Trinajstić information content (AvgIpc) is 3.52. The third-order valence-electron chi connectivity index (χ3n) is 6.96. The van der Waals surface area contributed by atoms with Crippen molar-refractivity contribution in [1.29, 1.82) is 0 Å². The van der Waals surface area contributed by atoms with Crippen LogP contribution < -0.4 is 11.1 Å². The molecule has 0 saturated heterocycles. The summed E-state index contributed by atoms with van der Waals surface area (Å²) in [4.78, 5) is 32.1. The normalized spacial score (nSPS) is 12.8. The largest absolute Gasteiger partial charge is 0.460 e. The van der Waals surface area contributed by atoms with E-state index in [0.29, 0.717) is 5.69 Å². The van der Waals surface area contributed by atoms with Crippen LogP contribution in [0.3, 0.4) is 0 Å². The van der Waals surface area contributed by atoms with Gasteiger partial charge in [0.25, 0.3) is 0 Å². The first-order valence-corrected chi connectivity index (χ1v) is 13.9. The minimum Gasteiger partial charge on any atom is -0.460 e. The van der Waals surface area contributed by atoms with Crippen LogP contribution in [0, 0.1) is 0 Å². The van der Waals surface area contributed by atoms with Crippen molar-refractivity contribution in [3.05, 3.63) is 77.4 Å². The number of H-pyrrole nitrogens is 2. The highest BCUT2D eigenvalue weighted by Crippen LogP contribution is 2.39. The molecule has 8 heteroatoms. The van der Waals surface area contributed by atoms with Crippen LogP contribution in [0.25, 0.3) is 54.6 Å². The highest BCUT2D eigenvalue weighted by atomic mass is 79.9. The van der Waals surface area contributed by atoms with Gasteiger partial charge in [-0.1, -0.05) is 46.3 Å². The van der Waals surface area contributed by atoms with E-state index in [4.69, 9.17) is 10.5 Å². The molecule has 0 aliphatic heterocycles. The van der Waals surface area contributed by atoms with Crippen LogP contribution in [0.4, 0.5) is 5.69 Å². The van der Waals surface area contributed by atoms with Crippen molar-refractivity contribution < 1.29 is 14.3 Å². The highest BCUT2D eigenvalue weighted by molar-refractivity contribution is 9.10. The average molecular weight is 598 g/mol. The predicted molar refractivity (Wildman–Crippen MR) is 165 cm³/mol. The summed E-state index contributed by atoms with van der Waals surface area (Å²) in [5.41, 5.74) is 10.1. The minimum absolute atomic E-state index is 0.202. The standard InChI is InChI=1S/C32H29BrN4O3/c1-32(2,3)40-29(38)15-26(34)31(39)36-18-9-10-21-19-6-4-5-7-20(19)24-14-28(37-30(24)23(21)13-18)25-16-35-27-11-8-17(33)12-22(25)27/h4-14,16,26,35,37H,15,34H2,1-3H3,(H,36,39)/t26-/m0/s1. The molecule has 0 fully saturated rings. The monoisotopic (exact) mass is 596 g/mol. The third kappa shape index (κ3) is 4.85. The molecule has 0 unspecified atom stereocenters. The molecule has 0 aliphatic rings. The zero-order valence-electron chi connectivity index (χ0n) is 22.4. The molecule has 6 aromatic rings. The summed E-state index contributed by atoms with van der Waals surface area (Å²) in [5, 5.41) is 9.39. The highest BCUT2D eigenvalue weighted by Gasteiger charge is 2.23. The Morgan fingerprint density at radius 2 is 1.62 bits per heavy atom. The Kier molecular flexibility index (Phi) is 6.40. The second-order valence-electron chi connectivity index (χ2n) is 11.1. The second kappa shape index (κ2) is 9.80. The molecule has 0 saturated carbocycles. The number of nitrogens with one attached hydrogen (secondary N) is 3. The van der Waals surface area contributed by atoms with E-state index in [-0.39, 0.29) is 6.42 Å². The van der Waals surface area contributed by atoms with Crippen molar-refractivity contribution in [3.8, 4) is 11.3 Å². The van der Waals surface area contributed by atoms with Crippen LogP contribution in [-0.2, 0) is 14.3 Å². The number of benzene rings is 4. The molecular weight excluding hydrogens is 568 g/mol. The van der Waals surface area contributed by atoms with Gasteiger partial charge in [-0.3, -0.25) is 9.59 Å². The lowest BCUT2D eigenvalue weighted by atomic mass is 9.97. The van der Waals surface area contributed by atoms with Crippen LogP contribution in [0.15, 0.2) is 77.4 Å². The third-order valence-corrected chi connectivity index (χ3v) is 7.45. The van der Waals surface area contributed by atoms with Gasteiger partial charge in [-0.05, 0) is 73.3 Å². The molecule has 202 valence electrons. The summed E-state index contributed by atoms with van der Waals surface area (Å²) in [7, 11) is 0. The number of aromatic amines is 2. The van der Waals surface area contributed by atoms with Gasteiger partial charge in [0.05, 0.1) is 18.0 Å². The lowest BCUT2D eigenvalue weighted by Crippen LogP contribution is -2.39. The van der Waals surface area contributed by atoms with Gasteiger partial charge in [0, 0.05) is 49.3 Å². The Morgan fingerprint density at radius 1 is 0.925 bits per heavy atom. The van der Waals surface area contributed by atoms with Crippen LogP contribution in [0.1, 0.15) is 27.2 Å². The maximum atomic E-state index is 12.9. The number of aromatic nitrogens is 2. The predicted octanol–water partition coefficient (Wildman–Crippen LogP) is 7.38. The van der Waals surface area contributed by atoms with Gasteiger partial charge in [-0.2, -0.15) is 0 Å². The Morgan fingerprint density at radius 3 is 2.38 bits per heavy atom. The van der Waals surface area contributed by atoms with Crippen LogP contribution >= 0.6 is 15.9 Å². The minimum atomic E-state index is -1.03. The molecule has 4 aromatic carbocycles. The number of rotatable bonds is 5. The SMILES string of the molecule is CC(C)(C)OC(=O)C[C@H](N)C(=O)Nc1ccc2c3ccccc3c3cc(-c4c[nH]c5ccc(Br)cc45)[nH]c3c2c1. The Labute approximate surface area is 239 Å². The van der Waals surface area contributed by atoms with Gasteiger partial charge < -0.3 is 25.8 Å².